The Morgan fingerprint density at radius 1 is 0.774 bits per heavy atom. The van der Waals surface area contributed by atoms with Crippen LogP contribution in [0.5, 0.6) is 0 Å². The van der Waals surface area contributed by atoms with Crippen LogP contribution in [0.4, 0.5) is 9.59 Å². The Bertz CT molecular complexity index is 703. The number of nitrogens with zero attached hydrogens (tertiary/aromatic N) is 3. The lowest BCUT2D eigenvalue weighted by molar-refractivity contribution is -0.155. The number of piperidine rings is 1. The fourth-order valence-electron chi connectivity index (χ4n) is 3.76. The van der Waals surface area contributed by atoms with Gasteiger partial charge in [0.25, 0.3) is 0 Å². The molecule has 31 heavy (non-hydrogen) atoms. The monoisotopic (exact) mass is 441 g/mol. The molecule has 0 unspecified atom stereocenters. The number of hydrogen-bond donors (Lipinski definition) is 1. The first-order chi connectivity index (χ1) is 14.2. The zero-order chi connectivity index (χ0) is 23.6. The van der Waals surface area contributed by atoms with Crippen molar-refractivity contribution in [3.8, 4) is 0 Å². The molecule has 2 atom stereocenters. The van der Waals surface area contributed by atoms with E-state index in [1.807, 2.05) is 0 Å². The van der Waals surface area contributed by atoms with Crippen LogP contribution in [-0.2, 0) is 19.1 Å². The topological polar surface area (TPSA) is 117 Å². The molecule has 2 aliphatic heterocycles. The van der Waals surface area contributed by atoms with Crippen molar-refractivity contribution in [2.24, 2.45) is 5.92 Å². The third-order valence-corrected chi connectivity index (χ3v) is 5.07. The van der Waals surface area contributed by atoms with Crippen LogP contribution >= 0.6 is 0 Å². The molecular formula is C21H35N3O7. The molecule has 0 aromatic carbocycles. The van der Waals surface area contributed by atoms with Crippen molar-refractivity contribution in [2.45, 2.75) is 71.6 Å². The van der Waals surface area contributed by atoms with E-state index in [4.69, 9.17) is 9.47 Å². The van der Waals surface area contributed by atoms with E-state index in [9.17, 15) is 24.3 Å². The van der Waals surface area contributed by atoms with Gasteiger partial charge in [0, 0.05) is 32.7 Å². The van der Waals surface area contributed by atoms with Crippen molar-refractivity contribution in [3.05, 3.63) is 0 Å². The van der Waals surface area contributed by atoms with Crippen molar-refractivity contribution < 1.29 is 33.8 Å². The van der Waals surface area contributed by atoms with E-state index in [-0.39, 0.29) is 25.5 Å². The lowest BCUT2D eigenvalue weighted by atomic mass is 9.87. The van der Waals surface area contributed by atoms with Gasteiger partial charge in [0.1, 0.15) is 17.2 Å². The number of likely N-dealkylation sites (tertiary alicyclic amines) is 1. The summed E-state index contributed by atoms with van der Waals surface area (Å²) in [4.78, 5) is 54.2. The summed E-state index contributed by atoms with van der Waals surface area (Å²) in [6.07, 6.45) is -0.275. The molecule has 2 fully saturated rings. The summed E-state index contributed by atoms with van der Waals surface area (Å²) in [6.45, 7) is 11.9. The predicted molar refractivity (Wildman–Crippen MR) is 111 cm³/mol. The molecule has 176 valence electrons. The summed E-state index contributed by atoms with van der Waals surface area (Å²) in [5.41, 5.74) is -1.37. The van der Waals surface area contributed by atoms with Crippen LogP contribution in [0, 0.1) is 5.92 Å². The van der Waals surface area contributed by atoms with Crippen molar-refractivity contribution >= 4 is 24.1 Å². The van der Waals surface area contributed by atoms with Gasteiger partial charge in [-0.2, -0.15) is 0 Å². The van der Waals surface area contributed by atoms with Crippen LogP contribution in [-0.4, -0.2) is 93.8 Å². The molecule has 0 radical (unpaired) electrons. The molecule has 2 saturated heterocycles. The second-order valence-electron chi connectivity index (χ2n) is 10.00. The Kier molecular flexibility index (Phi) is 7.44. The Morgan fingerprint density at radius 3 is 1.74 bits per heavy atom. The largest absolute Gasteiger partial charge is 0.480 e. The molecule has 0 spiro atoms. The lowest BCUT2D eigenvalue weighted by Gasteiger charge is -2.42. The standard InChI is InChI=1S/C21H35N3O7/c1-20(2,3)30-18(28)23-12-10-22(11-13-23)16(25)14-8-7-9-24(15(14)17(26)27)19(29)31-21(4,5)6/h14-15H,7-13H2,1-6H3,(H,26,27)/t14-,15+/m0/s1. The van der Waals surface area contributed by atoms with Gasteiger partial charge in [-0.05, 0) is 54.4 Å². The number of ether oxygens (including phenoxy) is 2. The molecule has 2 rings (SSSR count). The second kappa shape index (κ2) is 9.32. The molecule has 0 saturated carbocycles. The minimum absolute atomic E-state index is 0.224. The maximum absolute atomic E-state index is 13.2. The van der Waals surface area contributed by atoms with Gasteiger partial charge in [-0.25, -0.2) is 14.4 Å². The highest BCUT2D eigenvalue weighted by atomic mass is 16.6. The van der Waals surface area contributed by atoms with Crippen LogP contribution in [0.3, 0.4) is 0 Å². The molecule has 0 bridgehead atoms. The molecule has 0 aromatic heterocycles. The van der Waals surface area contributed by atoms with E-state index in [0.717, 1.165) is 4.90 Å². The molecule has 10 nitrogen and oxygen atoms in total. The van der Waals surface area contributed by atoms with Crippen molar-refractivity contribution in [1.82, 2.24) is 14.7 Å². The van der Waals surface area contributed by atoms with Crippen LogP contribution < -0.4 is 0 Å². The molecule has 0 aromatic rings. The lowest BCUT2D eigenvalue weighted by Crippen LogP contribution is -2.59. The number of carbonyl (C=O) groups excluding carboxylic acids is 3. The number of rotatable bonds is 2. The van der Waals surface area contributed by atoms with Gasteiger partial charge >= 0.3 is 18.2 Å². The second-order valence-corrected chi connectivity index (χ2v) is 10.00. The maximum atomic E-state index is 13.2. The van der Waals surface area contributed by atoms with Crippen molar-refractivity contribution in [2.75, 3.05) is 32.7 Å². The summed E-state index contributed by atoms with van der Waals surface area (Å²) in [5, 5.41) is 9.81. The summed E-state index contributed by atoms with van der Waals surface area (Å²) in [7, 11) is 0. The Balaban J connectivity index is 2.05. The number of carbonyl (C=O) groups is 4. The van der Waals surface area contributed by atoms with E-state index in [1.54, 1.807) is 46.4 Å². The number of aliphatic carboxylic acids is 1. The predicted octanol–water partition coefficient (Wildman–Crippen LogP) is 2.17. The van der Waals surface area contributed by atoms with Crippen molar-refractivity contribution in [1.29, 1.82) is 0 Å². The van der Waals surface area contributed by atoms with E-state index in [0.29, 0.717) is 25.9 Å². The van der Waals surface area contributed by atoms with Crippen LogP contribution in [0.15, 0.2) is 0 Å². The van der Waals surface area contributed by atoms with Crippen LogP contribution in [0.1, 0.15) is 54.4 Å². The highest BCUT2D eigenvalue weighted by Crippen LogP contribution is 2.28. The molecule has 3 amide bonds. The van der Waals surface area contributed by atoms with Crippen LogP contribution in [0.25, 0.3) is 0 Å². The average molecular weight is 442 g/mol. The number of hydrogen-bond acceptors (Lipinski definition) is 6. The fourth-order valence-corrected chi connectivity index (χ4v) is 3.76. The first kappa shape index (κ1) is 24.7. The molecule has 0 aliphatic carbocycles. The Morgan fingerprint density at radius 2 is 1.26 bits per heavy atom. The van der Waals surface area contributed by atoms with Gasteiger partial charge in [0.2, 0.25) is 5.91 Å². The van der Waals surface area contributed by atoms with E-state index >= 15 is 0 Å². The average Bonchev–Trinajstić information content (AvgIpc) is 2.64. The van der Waals surface area contributed by atoms with Gasteiger partial charge in [-0.3, -0.25) is 9.69 Å². The summed E-state index contributed by atoms with van der Waals surface area (Å²) in [6, 6.07) is -1.28. The van der Waals surface area contributed by atoms with E-state index in [1.165, 1.54) is 4.90 Å². The maximum Gasteiger partial charge on any atom is 0.411 e. The SMILES string of the molecule is CC(C)(C)OC(=O)N1CCN(C(=O)[C@H]2CCCN(C(=O)OC(C)(C)C)[C@H]2C(=O)O)CC1. The van der Waals surface area contributed by atoms with Crippen LogP contribution in [0.2, 0.25) is 0 Å². The summed E-state index contributed by atoms with van der Waals surface area (Å²) in [5.74, 6) is -2.40. The smallest absolute Gasteiger partial charge is 0.411 e. The number of carboxylic acids is 1. The molecule has 2 aliphatic rings. The highest BCUT2D eigenvalue weighted by molar-refractivity contribution is 5.89. The molecule has 2 heterocycles. The zero-order valence-corrected chi connectivity index (χ0v) is 19.3. The summed E-state index contributed by atoms with van der Waals surface area (Å²) >= 11 is 0. The summed E-state index contributed by atoms with van der Waals surface area (Å²) < 4.78 is 10.7. The number of piperazine rings is 1. The first-order valence-electron chi connectivity index (χ1n) is 10.7. The molecule has 1 N–H and O–H groups in total. The van der Waals surface area contributed by atoms with Gasteiger partial charge in [-0.15, -0.1) is 0 Å². The normalized spacial score (nSPS) is 22.7. The molecular weight excluding hydrogens is 406 g/mol. The van der Waals surface area contributed by atoms with Crippen molar-refractivity contribution in [3.63, 3.8) is 0 Å². The highest BCUT2D eigenvalue weighted by Gasteiger charge is 2.46. The minimum atomic E-state index is -1.28. The van der Waals surface area contributed by atoms with Gasteiger partial charge in [-0.1, -0.05) is 0 Å². The third kappa shape index (κ3) is 6.73. The fraction of sp³-hybridized carbons (Fsp3) is 0.810. The Hall–Kier alpha value is -2.52. The Labute approximate surface area is 183 Å². The van der Waals surface area contributed by atoms with Gasteiger partial charge in [0.15, 0.2) is 0 Å². The quantitative estimate of drug-likeness (QED) is 0.698. The first-order valence-corrected chi connectivity index (χ1v) is 10.7. The van der Waals surface area contributed by atoms with E-state index in [2.05, 4.69) is 0 Å². The minimum Gasteiger partial charge on any atom is -0.480 e. The zero-order valence-electron chi connectivity index (χ0n) is 19.3. The third-order valence-electron chi connectivity index (χ3n) is 5.07. The number of amides is 3. The molecule has 10 heteroatoms. The van der Waals surface area contributed by atoms with Gasteiger partial charge in [0.05, 0.1) is 5.92 Å². The number of carboxylic acid groups (broad SMARTS) is 1. The van der Waals surface area contributed by atoms with E-state index < -0.39 is 41.3 Å². The van der Waals surface area contributed by atoms with Gasteiger partial charge < -0.3 is 24.4 Å².